The van der Waals surface area contributed by atoms with Crippen LogP contribution < -0.4 is 0 Å². The maximum atomic E-state index is 4.93. The number of hydrogen-bond donors (Lipinski definition) is 0. The summed E-state index contributed by atoms with van der Waals surface area (Å²) in [6.07, 6.45) is 0. The summed E-state index contributed by atoms with van der Waals surface area (Å²) < 4.78 is 0. The summed E-state index contributed by atoms with van der Waals surface area (Å²) in [6, 6.07) is 29.1. The van der Waals surface area contributed by atoms with Gasteiger partial charge in [-0.2, -0.15) is 12.1 Å². The quantitative estimate of drug-likeness (QED) is 0.131. The monoisotopic (exact) mass is 678 g/mol. The van der Waals surface area contributed by atoms with Crippen molar-refractivity contribution in [1.82, 2.24) is 0 Å². The molecule has 0 heterocycles. The van der Waals surface area contributed by atoms with Crippen LogP contribution in [0.4, 0.5) is 0 Å². The standard InChI is InChI=1S/C18H25.C17H15.C2H6Si.2ClH.Zr/c1-11(2)14-7-16-8-15(12(3)4)10-18(16)17(9-14)13(5)6;1-12-10-16-13(2)8-9-15(17(16)11-12)14-6-4-3-5-7-14;1-3-2;;;/h7-13H,1-6H3;3-11H,1-2H3;1-2H3;2*1H;/q2*-1;;;;+4/p-2. The number of rotatable bonds is 4. The van der Waals surface area contributed by atoms with Crippen molar-refractivity contribution in [1.29, 1.82) is 0 Å². The van der Waals surface area contributed by atoms with E-state index in [4.69, 9.17) is 17.0 Å². The van der Waals surface area contributed by atoms with Crippen LogP contribution in [0.1, 0.15) is 87.1 Å². The van der Waals surface area contributed by atoms with Gasteiger partial charge in [0.25, 0.3) is 0 Å². The second-order valence-corrected chi connectivity index (χ2v) is 16.3. The molecule has 5 aromatic rings. The van der Waals surface area contributed by atoms with Crippen LogP contribution in [0.3, 0.4) is 0 Å². The normalized spacial score (nSPS) is 10.6. The van der Waals surface area contributed by atoms with Crippen molar-refractivity contribution in [3.05, 3.63) is 107 Å². The molecule has 5 rings (SSSR count). The van der Waals surface area contributed by atoms with Crippen LogP contribution in [0.5, 0.6) is 0 Å². The minimum atomic E-state index is -0.826. The predicted molar refractivity (Wildman–Crippen MR) is 185 cm³/mol. The van der Waals surface area contributed by atoms with Gasteiger partial charge in [0.1, 0.15) is 0 Å². The first-order chi connectivity index (χ1) is 19.5. The van der Waals surface area contributed by atoms with E-state index in [0.717, 1.165) is 9.52 Å². The summed E-state index contributed by atoms with van der Waals surface area (Å²) >= 11 is -0.826. The molecule has 41 heavy (non-hydrogen) atoms. The molecule has 4 heteroatoms. The molecule has 0 fully saturated rings. The zero-order valence-corrected chi connectivity index (χ0v) is 31.5. The first-order valence-electron chi connectivity index (χ1n) is 14.5. The molecule has 216 valence electrons. The number of hydrogen-bond acceptors (Lipinski definition) is 0. The average molecular weight is 681 g/mol. The van der Waals surface area contributed by atoms with E-state index in [1.165, 1.54) is 60.5 Å². The topological polar surface area (TPSA) is 0 Å². The Kier molecular flexibility index (Phi) is 15.4. The third-order valence-corrected chi connectivity index (χ3v) is 7.19. The van der Waals surface area contributed by atoms with Crippen LogP contribution in [-0.2, 0) is 20.8 Å². The minimum absolute atomic E-state index is 0.591. The predicted octanol–water partition coefficient (Wildman–Crippen LogP) is 12.9. The summed E-state index contributed by atoms with van der Waals surface area (Å²) in [5.41, 5.74) is 9.75. The molecule has 5 aromatic carbocycles. The molecule has 0 saturated heterocycles. The molecule has 0 spiro atoms. The van der Waals surface area contributed by atoms with Crippen LogP contribution in [-0.4, -0.2) is 9.52 Å². The van der Waals surface area contributed by atoms with Gasteiger partial charge in [-0.1, -0.05) is 128 Å². The van der Waals surface area contributed by atoms with Gasteiger partial charge in [-0.05, 0) is 23.3 Å². The van der Waals surface area contributed by atoms with Gasteiger partial charge in [0.15, 0.2) is 0 Å². The SMILES string of the molecule is CC(C)c1cc(C(C)C)c2cc(C(C)C)[cH-]c2c1.C[Si]C.Cc1cc2c(-c3ccccc3)ccc(C)c2[cH-]1.[Cl][Zr+2][Cl]. The van der Waals surface area contributed by atoms with Crippen molar-refractivity contribution in [2.45, 2.75) is 86.2 Å². The van der Waals surface area contributed by atoms with Crippen molar-refractivity contribution < 1.29 is 20.8 Å². The number of fused-ring (bicyclic) bond motifs is 2. The van der Waals surface area contributed by atoms with Crippen LogP contribution in [0, 0.1) is 13.8 Å². The Morgan fingerprint density at radius 3 is 1.85 bits per heavy atom. The second-order valence-electron chi connectivity index (χ2n) is 11.6. The second kappa shape index (κ2) is 17.6. The van der Waals surface area contributed by atoms with Crippen LogP contribution >= 0.6 is 17.0 Å². The third kappa shape index (κ3) is 10.1. The third-order valence-electron chi connectivity index (χ3n) is 7.19. The fourth-order valence-corrected chi connectivity index (χ4v) is 5.00. The molecular formula is C37H46Cl2SiZr. The van der Waals surface area contributed by atoms with Crippen molar-refractivity contribution >= 4 is 48.1 Å². The van der Waals surface area contributed by atoms with Crippen LogP contribution in [0.2, 0.25) is 13.1 Å². The van der Waals surface area contributed by atoms with Gasteiger partial charge in [-0.3, -0.25) is 0 Å². The van der Waals surface area contributed by atoms with Gasteiger partial charge in [0, 0.05) is 9.52 Å². The van der Waals surface area contributed by atoms with Crippen LogP contribution in [0.25, 0.3) is 32.7 Å². The fraction of sp³-hybridized carbons (Fsp3) is 0.351. The van der Waals surface area contributed by atoms with Gasteiger partial charge in [-0.25, -0.2) is 0 Å². The van der Waals surface area contributed by atoms with Crippen LogP contribution in [0.15, 0.2) is 78.9 Å². The number of benzene rings is 3. The van der Waals surface area contributed by atoms with Crippen molar-refractivity contribution in [2.24, 2.45) is 0 Å². The summed E-state index contributed by atoms with van der Waals surface area (Å²) in [5.74, 6) is 1.80. The van der Waals surface area contributed by atoms with Gasteiger partial charge < -0.3 is 0 Å². The number of halogens is 2. The van der Waals surface area contributed by atoms with E-state index in [1.54, 1.807) is 0 Å². The molecule has 0 aliphatic rings. The Balaban J connectivity index is 0.000000241. The molecule has 0 aliphatic carbocycles. The Morgan fingerprint density at radius 2 is 1.32 bits per heavy atom. The molecule has 0 atom stereocenters. The van der Waals surface area contributed by atoms with Gasteiger partial charge in [-0.15, -0.1) is 62.5 Å². The summed E-state index contributed by atoms with van der Waals surface area (Å²) in [7, 11) is 11.0. The van der Waals surface area contributed by atoms with Gasteiger partial charge in [0.05, 0.1) is 0 Å². The van der Waals surface area contributed by atoms with Gasteiger partial charge in [0.2, 0.25) is 0 Å². The van der Waals surface area contributed by atoms with E-state index in [1.807, 2.05) is 0 Å². The zero-order valence-electron chi connectivity index (χ0n) is 26.5. The van der Waals surface area contributed by atoms with Crippen molar-refractivity contribution in [3.63, 3.8) is 0 Å². The molecule has 0 saturated carbocycles. The molecule has 0 unspecified atom stereocenters. The first kappa shape index (κ1) is 35.8. The molecule has 0 aliphatic heterocycles. The van der Waals surface area contributed by atoms with Crippen molar-refractivity contribution in [2.75, 3.05) is 0 Å². The van der Waals surface area contributed by atoms with E-state index in [-0.39, 0.29) is 0 Å². The van der Waals surface area contributed by atoms with E-state index < -0.39 is 20.8 Å². The van der Waals surface area contributed by atoms with E-state index in [0.29, 0.717) is 17.8 Å². The first-order valence-corrected chi connectivity index (χ1v) is 22.8. The van der Waals surface area contributed by atoms with E-state index >= 15 is 0 Å². The van der Waals surface area contributed by atoms with Gasteiger partial charge >= 0.3 is 37.9 Å². The Hall–Kier alpha value is -1.44. The zero-order chi connectivity index (χ0) is 30.7. The average Bonchev–Trinajstić information content (AvgIpc) is 3.54. The molecular weight excluding hydrogens is 635 g/mol. The summed E-state index contributed by atoms with van der Waals surface area (Å²) in [6.45, 7) is 22.3. The van der Waals surface area contributed by atoms with E-state index in [2.05, 4.69) is 147 Å². The Labute approximate surface area is 271 Å². The van der Waals surface area contributed by atoms with E-state index in [9.17, 15) is 0 Å². The fourth-order valence-electron chi connectivity index (χ4n) is 5.00. The molecule has 0 N–H and O–H groups in total. The molecule has 0 amide bonds. The van der Waals surface area contributed by atoms with Crippen molar-refractivity contribution in [3.8, 4) is 11.1 Å². The Bertz CT molecular complexity index is 1470. The molecule has 2 radical (unpaired) electrons. The molecule has 0 bridgehead atoms. The number of aryl methyl sites for hydroxylation is 2. The Morgan fingerprint density at radius 1 is 0.707 bits per heavy atom. The summed E-state index contributed by atoms with van der Waals surface area (Å²) in [4.78, 5) is 0. The molecule has 0 aromatic heterocycles. The summed E-state index contributed by atoms with van der Waals surface area (Å²) in [5, 5.41) is 5.63. The maximum absolute atomic E-state index is 4.93. The molecule has 0 nitrogen and oxygen atoms in total.